The number of hydrogen-bond acceptors (Lipinski definition) is 1. The molecule has 2 heteroatoms. The van der Waals surface area contributed by atoms with Crippen molar-refractivity contribution in [3.05, 3.63) is 66.8 Å². The predicted molar refractivity (Wildman–Crippen MR) is 57.4 cm³/mol. The van der Waals surface area contributed by atoms with Crippen LogP contribution in [0.25, 0.3) is 0 Å². The smallest absolute Gasteiger partial charge is 0.127 e. The number of halogens is 1. The number of benzene rings is 2. The highest BCUT2D eigenvalue weighted by Crippen LogP contribution is 2.22. The Morgan fingerprint density at radius 1 is 0.933 bits per heavy atom. The van der Waals surface area contributed by atoms with Crippen LogP contribution in [-0.2, 0) is 0 Å². The van der Waals surface area contributed by atoms with E-state index in [0.29, 0.717) is 11.3 Å². The first kappa shape index (κ1) is 9.71. The summed E-state index contributed by atoms with van der Waals surface area (Å²) in [5, 5.41) is 0. The van der Waals surface area contributed by atoms with Crippen LogP contribution >= 0.6 is 0 Å². The second kappa shape index (κ2) is 4.13. The molecule has 0 heterocycles. The second-order valence-electron chi connectivity index (χ2n) is 3.17. The summed E-state index contributed by atoms with van der Waals surface area (Å²) >= 11 is 0. The molecule has 0 amide bonds. The highest BCUT2D eigenvalue weighted by atomic mass is 19.1. The summed E-state index contributed by atoms with van der Waals surface area (Å²) in [7, 11) is 0. The quantitative estimate of drug-likeness (QED) is 0.718. The summed E-state index contributed by atoms with van der Waals surface area (Å²) in [6.45, 7) is 3.57. The van der Waals surface area contributed by atoms with Crippen molar-refractivity contribution in [2.24, 2.45) is 0 Å². The van der Waals surface area contributed by atoms with Crippen molar-refractivity contribution < 1.29 is 9.13 Å². The maximum absolute atomic E-state index is 12.9. The molecule has 0 saturated carbocycles. The fourth-order valence-electron chi connectivity index (χ4n) is 1.24. The van der Waals surface area contributed by atoms with Crippen molar-refractivity contribution in [3.8, 4) is 11.5 Å². The van der Waals surface area contributed by atoms with Crippen LogP contribution in [0, 0.1) is 12.7 Å². The maximum Gasteiger partial charge on any atom is 0.127 e. The van der Waals surface area contributed by atoms with Gasteiger partial charge in [0, 0.05) is 0 Å². The zero-order valence-corrected chi connectivity index (χ0v) is 8.11. The molecule has 2 rings (SSSR count). The highest BCUT2D eigenvalue weighted by Gasteiger charge is 2.00. The minimum absolute atomic E-state index is 0.324. The van der Waals surface area contributed by atoms with E-state index in [0.717, 1.165) is 5.75 Å². The molecular weight excluding hydrogens is 191 g/mol. The predicted octanol–water partition coefficient (Wildman–Crippen LogP) is 3.80. The molecule has 0 spiro atoms. The van der Waals surface area contributed by atoms with Crippen LogP contribution in [0.15, 0.2) is 48.5 Å². The molecule has 0 aliphatic carbocycles. The molecule has 15 heavy (non-hydrogen) atoms. The van der Waals surface area contributed by atoms with Crippen molar-refractivity contribution in [3.63, 3.8) is 0 Å². The normalized spacial score (nSPS) is 10.0. The number of ether oxygens (including phenoxy) is 1. The molecular formula is C13H10FO. The van der Waals surface area contributed by atoms with Crippen LogP contribution in [0.3, 0.4) is 0 Å². The van der Waals surface area contributed by atoms with E-state index in [2.05, 4.69) is 6.92 Å². The van der Waals surface area contributed by atoms with Gasteiger partial charge in [-0.2, -0.15) is 0 Å². The van der Waals surface area contributed by atoms with Gasteiger partial charge >= 0.3 is 0 Å². The molecule has 0 saturated heterocycles. The zero-order valence-electron chi connectivity index (χ0n) is 8.11. The topological polar surface area (TPSA) is 9.23 Å². The molecule has 2 aromatic carbocycles. The van der Waals surface area contributed by atoms with E-state index in [1.54, 1.807) is 12.1 Å². The lowest BCUT2D eigenvalue weighted by Gasteiger charge is -2.06. The van der Waals surface area contributed by atoms with Crippen molar-refractivity contribution in [2.75, 3.05) is 0 Å². The summed E-state index contributed by atoms with van der Waals surface area (Å²) in [5.41, 5.74) is 0.337. The van der Waals surface area contributed by atoms with Crippen LogP contribution in [0.1, 0.15) is 5.56 Å². The Morgan fingerprint density at radius 3 is 2.33 bits per heavy atom. The van der Waals surface area contributed by atoms with E-state index in [9.17, 15) is 4.39 Å². The van der Waals surface area contributed by atoms with Gasteiger partial charge in [0.2, 0.25) is 0 Å². The van der Waals surface area contributed by atoms with Crippen LogP contribution in [-0.4, -0.2) is 0 Å². The van der Waals surface area contributed by atoms with E-state index < -0.39 is 0 Å². The van der Waals surface area contributed by atoms with Crippen LogP contribution in [0.2, 0.25) is 0 Å². The standard InChI is InChI=1S/C13H10FO/c1-10-9-12(7-8-13(10)14)15-11-5-3-2-4-6-11/h2-9H,1H2. The second-order valence-corrected chi connectivity index (χ2v) is 3.17. The maximum atomic E-state index is 12.9. The molecule has 0 unspecified atom stereocenters. The largest absolute Gasteiger partial charge is 0.457 e. The van der Waals surface area contributed by atoms with E-state index in [1.165, 1.54) is 6.07 Å². The van der Waals surface area contributed by atoms with Gasteiger partial charge in [-0.1, -0.05) is 18.2 Å². The van der Waals surface area contributed by atoms with Crippen molar-refractivity contribution >= 4 is 0 Å². The Labute approximate surface area is 88.1 Å². The lowest BCUT2D eigenvalue weighted by molar-refractivity contribution is 0.480. The number of rotatable bonds is 2. The first-order valence-electron chi connectivity index (χ1n) is 4.60. The third kappa shape index (κ3) is 2.34. The third-order valence-electron chi connectivity index (χ3n) is 2.00. The fraction of sp³-hybridized carbons (Fsp3) is 0. The monoisotopic (exact) mass is 201 g/mol. The molecule has 0 aliphatic rings. The lowest BCUT2D eigenvalue weighted by Crippen LogP contribution is -1.86. The van der Waals surface area contributed by atoms with Gasteiger partial charge in [0.05, 0.1) is 0 Å². The van der Waals surface area contributed by atoms with Crippen LogP contribution in [0.4, 0.5) is 4.39 Å². The van der Waals surface area contributed by atoms with Gasteiger partial charge in [0.1, 0.15) is 17.3 Å². The van der Waals surface area contributed by atoms with Gasteiger partial charge in [-0.3, -0.25) is 0 Å². The summed E-state index contributed by atoms with van der Waals surface area (Å²) < 4.78 is 18.4. The van der Waals surface area contributed by atoms with Crippen molar-refractivity contribution in [2.45, 2.75) is 0 Å². The minimum Gasteiger partial charge on any atom is -0.457 e. The van der Waals surface area contributed by atoms with E-state index >= 15 is 0 Å². The Hall–Kier alpha value is -1.83. The third-order valence-corrected chi connectivity index (χ3v) is 2.00. The summed E-state index contributed by atoms with van der Waals surface area (Å²) in [6.07, 6.45) is 0. The molecule has 0 fully saturated rings. The SMILES string of the molecule is [CH2]c1cc(Oc2ccccc2)ccc1F. The molecule has 75 valence electrons. The van der Waals surface area contributed by atoms with Crippen molar-refractivity contribution in [1.29, 1.82) is 0 Å². The van der Waals surface area contributed by atoms with E-state index in [-0.39, 0.29) is 5.82 Å². The Kier molecular flexibility index (Phi) is 2.68. The lowest BCUT2D eigenvalue weighted by atomic mass is 10.2. The van der Waals surface area contributed by atoms with Gasteiger partial charge in [-0.25, -0.2) is 4.39 Å². The Bertz CT molecular complexity index is 451. The van der Waals surface area contributed by atoms with Crippen LogP contribution in [0.5, 0.6) is 11.5 Å². The zero-order chi connectivity index (χ0) is 10.7. The van der Waals surface area contributed by atoms with Gasteiger partial charge < -0.3 is 4.74 Å². The molecule has 0 aliphatic heterocycles. The first-order chi connectivity index (χ1) is 7.25. The van der Waals surface area contributed by atoms with Gasteiger partial charge in [-0.15, -0.1) is 0 Å². The average Bonchev–Trinajstić information content (AvgIpc) is 2.25. The highest BCUT2D eigenvalue weighted by molar-refractivity contribution is 5.35. The molecule has 0 aromatic heterocycles. The van der Waals surface area contributed by atoms with E-state index in [1.807, 2.05) is 30.3 Å². The molecule has 1 nitrogen and oxygen atoms in total. The van der Waals surface area contributed by atoms with Gasteiger partial charge in [-0.05, 0) is 42.8 Å². The Morgan fingerprint density at radius 2 is 1.67 bits per heavy atom. The summed E-state index contributed by atoms with van der Waals surface area (Å²) in [5.74, 6) is 0.992. The summed E-state index contributed by atoms with van der Waals surface area (Å²) in [4.78, 5) is 0. The van der Waals surface area contributed by atoms with Gasteiger partial charge in [0.25, 0.3) is 0 Å². The van der Waals surface area contributed by atoms with E-state index in [4.69, 9.17) is 4.74 Å². The average molecular weight is 201 g/mol. The minimum atomic E-state index is -0.324. The molecule has 0 bridgehead atoms. The van der Waals surface area contributed by atoms with Crippen LogP contribution < -0.4 is 4.74 Å². The Balaban J connectivity index is 2.22. The summed E-state index contributed by atoms with van der Waals surface area (Å²) in [6, 6.07) is 13.8. The molecule has 2 aromatic rings. The molecule has 0 N–H and O–H groups in total. The van der Waals surface area contributed by atoms with Gasteiger partial charge in [0.15, 0.2) is 0 Å². The molecule has 0 atom stereocenters. The number of hydrogen-bond donors (Lipinski definition) is 0. The van der Waals surface area contributed by atoms with Crippen molar-refractivity contribution in [1.82, 2.24) is 0 Å². The number of para-hydroxylation sites is 1. The molecule has 1 radical (unpaired) electrons. The fourth-order valence-corrected chi connectivity index (χ4v) is 1.24. The first-order valence-corrected chi connectivity index (χ1v) is 4.60.